The van der Waals surface area contributed by atoms with E-state index < -0.39 is 0 Å². The summed E-state index contributed by atoms with van der Waals surface area (Å²) in [5.41, 5.74) is 0.377. The molecule has 6 fully saturated rings. The van der Waals surface area contributed by atoms with Crippen molar-refractivity contribution in [1.29, 1.82) is 0 Å². The Labute approximate surface area is 243 Å². The Morgan fingerprint density at radius 3 is 2.15 bits per heavy atom. The van der Waals surface area contributed by atoms with Gasteiger partial charge in [0.1, 0.15) is 12.1 Å². The Morgan fingerprint density at radius 1 is 0.800 bits per heavy atom. The van der Waals surface area contributed by atoms with Gasteiger partial charge in [-0.25, -0.2) is 0 Å². The van der Waals surface area contributed by atoms with Crippen LogP contribution in [-0.2, 0) is 19.1 Å². The third kappa shape index (κ3) is 4.85. The second-order valence-electron chi connectivity index (χ2n) is 15.8. The molecule has 2 saturated heterocycles. The fourth-order valence-electron chi connectivity index (χ4n) is 11.7. The van der Waals surface area contributed by atoms with Gasteiger partial charge in [0.2, 0.25) is 0 Å². The highest BCUT2D eigenvalue weighted by atomic mass is 16.5. The Bertz CT molecular complexity index is 958. The van der Waals surface area contributed by atoms with E-state index in [1.54, 1.807) is 13.8 Å². The zero-order valence-corrected chi connectivity index (χ0v) is 26.2. The van der Waals surface area contributed by atoms with E-state index in [0.717, 1.165) is 29.9 Å². The van der Waals surface area contributed by atoms with E-state index in [0.29, 0.717) is 35.3 Å². The maximum atomic E-state index is 12.5. The van der Waals surface area contributed by atoms with Crippen LogP contribution in [0.2, 0.25) is 0 Å². The lowest BCUT2D eigenvalue weighted by Gasteiger charge is -2.62. The molecule has 6 heteroatoms. The van der Waals surface area contributed by atoms with Crippen LogP contribution in [0.25, 0.3) is 0 Å². The van der Waals surface area contributed by atoms with Gasteiger partial charge in [-0.2, -0.15) is 0 Å². The van der Waals surface area contributed by atoms with Crippen molar-refractivity contribution in [3.63, 3.8) is 0 Å². The van der Waals surface area contributed by atoms with Gasteiger partial charge in [-0.05, 0) is 113 Å². The summed E-state index contributed by atoms with van der Waals surface area (Å²) in [7, 11) is 2.47. The van der Waals surface area contributed by atoms with Gasteiger partial charge in [0.25, 0.3) is 0 Å². The van der Waals surface area contributed by atoms with Crippen LogP contribution < -0.4 is 0 Å². The lowest BCUT2D eigenvalue weighted by Crippen LogP contribution is -2.61. The fraction of sp³-hybridized carbons (Fsp3) is 0.941. The van der Waals surface area contributed by atoms with E-state index in [-0.39, 0.29) is 29.6 Å². The summed E-state index contributed by atoms with van der Waals surface area (Å²) < 4.78 is 13.5. The van der Waals surface area contributed by atoms with Crippen LogP contribution in [0.1, 0.15) is 111 Å². The monoisotopic (exact) mass is 557 g/mol. The number of quaternary nitrogens is 1. The minimum absolute atomic E-state index is 0.0466. The average molecular weight is 558 g/mol. The van der Waals surface area contributed by atoms with Crippen molar-refractivity contribution in [3.05, 3.63) is 0 Å². The average Bonchev–Trinajstić information content (AvgIpc) is 3.21. The number of nitrogens with zero attached hydrogens (tertiary/aromatic N) is 2. The zero-order chi connectivity index (χ0) is 28.3. The molecular formula is C34H57N2O4+. The predicted molar refractivity (Wildman–Crippen MR) is 156 cm³/mol. The Hall–Kier alpha value is -1.14. The van der Waals surface area contributed by atoms with Crippen molar-refractivity contribution in [3.8, 4) is 0 Å². The Morgan fingerprint density at radius 2 is 1.48 bits per heavy atom. The number of carbonyl (C=O) groups excluding carboxylic acids is 2. The summed E-state index contributed by atoms with van der Waals surface area (Å²) in [6.07, 6.45) is 16.3. The molecule has 6 rings (SSSR count). The zero-order valence-electron chi connectivity index (χ0n) is 26.2. The molecule has 0 N–H and O–H groups in total. The number of likely N-dealkylation sites (N-methyl/N-ethyl adjacent to an activating group) is 1. The van der Waals surface area contributed by atoms with E-state index in [9.17, 15) is 9.59 Å². The summed E-state index contributed by atoms with van der Waals surface area (Å²) in [6, 6.07) is 0.796. The molecule has 0 aromatic heterocycles. The molecule has 2 aliphatic heterocycles. The van der Waals surface area contributed by atoms with Gasteiger partial charge in [-0.1, -0.05) is 20.3 Å². The number of fused-ring (bicyclic) bond motifs is 5. The smallest absolute Gasteiger partial charge is 0.303 e. The fourth-order valence-corrected chi connectivity index (χ4v) is 11.7. The standard InChI is InChI=1S/C34H57N2O4/c1-23(37)39-31-20-25-12-13-26-27(34(25,4)22-29(31)35-16-8-6-9-17-35)14-15-33(3)28(26)21-30(32(33)40-24(2)38)36(5)18-10-7-11-19-36/h25-32H,6-22H2,1-5H3/q+1/t25-,26+,27-,28-,29-,30-,31-,32?,33-,34-/m0/s1. The van der Waals surface area contributed by atoms with Crippen LogP contribution in [0, 0.1) is 34.5 Å². The molecule has 40 heavy (non-hydrogen) atoms. The highest BCUT2D eigenvalue weighted by Crippen LogP contribution is 2.67. The summed E-state index contributed by atoms with van der Waals surface area (Å²) in [6.45, 7) is 13.1. The van der Waals surface area contributed by atoms with Gasteiger partial charge in [-0.3, -0.25) is 14.5 Å². The highest BCUT2D eigenvalue weighted by Gasteiger charge is 2.67. The van der Waals surface area contributed by atoms with Crippen molar-refractivity contribution < 1.29 is 23.5 Å². The molecule has 1 unspecified atom stereocenters. The van der Waals surface area contributed by atoms with Crippen molar-refractivity contribution in [2.24, 2.45) is 34.5 Å². The molecular weight excluding hydrogens is 500 g/mol. The van der Waals surface area contributed by atoms with E-state index >= 15 is 0 Å². The molecule has 0 aromatic carbocycles. The second-order valence-corrected chi connectivity index (χ2v) is 15.8. The minimum atomic E-state index is -0.111. The first kappa shape index (κ1) is 29.0. The van der Waals surface area contributed by atoms with Crippen LogP contribution >= 0.6 is 0 Å². The molecule has 6 nitrogen and oxygen atoms in total. The topological polar surface area (TPSA) is 55.8 Å². The number of piperidine rings is 2. The van der Waals surface area contributed by atoms with Crippen LogP contribution in [-0.4, -0.2) is 78.8 Å². The molecule has 0 amide bonds. The van der Waals surface area contributed by atoms with Gasteiger partial charge in [0.05, 0.1) is 20.1 Å². The predicted octanol–water partition coefficient (Wildman–Crippen LogP) is 5.97. The quantitative estimate of drug-likeness (QED) is 0.315. The van der Waals surface area contributed by atoms with Crippen LogP contribution in [0.4, 0.5) is 0 Å². The molecule has 0 aromatic rings. The summed E-state index contributed by atoms with van der Waals surface area (Å²) in [5.74, 6) is 2.50. The number of carbonyl (C=O) groups is 2. The number of ether oxygens (including phenoxy) is 2. The van der Waals surface area contributed by atoms with Crippen molar-refractivity contribution in [2.45, 2.75) is 135 Å². The first-order chi connectivity index (χ1) is 19.0. The van der Waals surface area contributed by atoms with E-state index in [1.807, 2.05) is 0 Å². The molecule has 2 heterocycles. The molecule has 0 bridgehead atoms. The van der Waals surface area contributed by atoms with Gasteiger partial charge in [0, 0.05) is 31.7 Å². The van der Waals surface area contributed by atoms with Crippen molar-refractivity contribution >= 4 is 11.9 Å². The van der Waals surface area contributed by atoms with Crippen LogP contribution in [0.5, 0.6) is 0 Å². The molecule has 6 aliphatic rings. The molecule has 10 atom stereocenters. The van der Waals surface area contributed by atoms with E-state index in [4.69, 9.17) is 9.47 Å². The minimum Gasteiger partial charge on any atom is -0.461 e. The Balaban J connectivity index is 1.29. The summed E-state index contributed by atoms with van der Waals surface area (Å²) in [4.78, 5) is 27.4. The van der Waals surface area contributed by atoms with Crippen LogP contribution in [0.15, 0.2) is 0 Å². The molecule has 0 radical (unpaired) electrons. The summed E-state index contributed by atoms with van der Waals surface area (Å²) >= 11 is 0. The molecule has 0 spiro atoms. The van der Waals surface area contributed by atoms with Gasteiger partial charge >= 0.3 is 11.9 Å². The number of likely N-dealkylation sites (tertiary alicyclic amines) is 2. The van der Waals surface area contributed by atoms with Gasteiger partial charge in [-0.15, -0.1) is 0 Å². The summed E-state index contributed by atoms with van der Waals surface area (Å²) in [5, 5.41) is 0. The third-order valence-corrected chi connectivity index (χ3v) is 13.7. The third-order valence-electron chi connectivity index (χ3n) is 13.7. The number of rotatable bonds is 4. The van der Waals surface area contributed by atoms with Crippen molar-refractivity contribution in [1.82, 2.24) is 4.90 Å². The Kier molecular flexibility index (Phi) is 7.85. The number of esters is 2. The van der Waals surface area contributed by atoms with Crippen molar-refractivity contribution in [2.75, 3.05) is 33.2 Å². The number of hydrogen-bond donors (Lipinski definition) is 0. The van der Waals surface area contributed by atoms with E-state index in [1.165, 1.54) is 90.1 Å². The first-order valence-electron chi connectivity index (χ1n) is 17.0. The number of hydrogen-bond acceptors (Lipinski definition) is 5. The lowest BCUT2D eigenvalue weighted by molar-refractivity contribution is -0.940. The second kappa shape index (κ2) is 10.8. The van der Waals surface area contributed by atoms with E-state index in [2.05, 4.69) is 25.8 Å². The van der Waals surface area contributed by atoms with Gasteiger partial charge < -0.3 is 14.0 Å². The van der Waals surface area contributed by atoms with Gasteiger partial charge in [0.15, 0.2) is 6.10 Å². The maximum absolute atomic E-state index is 12.5. The van der Waals surface area contributed by atoms with Crippen LogP contribution in [0.3, 0.4) is 0 Å². The molecule has 4 saturated carbocycles. The molecule has 226 valence electrons. The lowest BCUT2D eigenvalue weighted by atomic mass is 9.44. The largest absolute Gasteiger partial charge is 0.461 e. The molecule has 4 aliphatic carbocycles. The maximum Gasteiger partial charge on any atom is 0.303 e. The SMILES string of the molecule is CC(=O)OC1[C@@H]([N+]2(C)CCCCC2)C[C@H]2[C@@H]3CC[C@H]4C[C@H](OC(C)=O)[C@@H](N5CCCCC5)C[C@]4(C)[C@H]3CC[C@]12C. The normalized spacial score (nSPS) is 46.9. The highest BCUT2D eigenvalue weighted by molar-refractivity contribution is 5.66. The first-order valence-corrected chi connectivity index (χ1v) is 17.0.